The second-order valence-electron chi connectivity index (χ2n) is 4.18. The molecule has 0 amide bonds. The number of β-amino-alcohol motifs (C(OH)–C–C–N with tert-alkyl or cyclic N) is 1. The van der Waals surface area contributed by atoms with E-state index in [1.165, 1.54) is 0 Å². The normalized spacial score (nSPS) is 19.7. The molecule has 1 aliphatic rings. The van der Waals surface area contributed by atoms with E-state index in [4.69, 9.17) is 0 Å². The van der Waals surface area contributed by atoms with Gasteiger partial charge in [-0.15, -0.1) is 0 Å². The van der Waals surface area contributed by atoms with Gasteiger partial charge in [0.15, 0.2) is 0 Å². The Kier molecular flexibility index (Phi) is 4.17. The van der Waals surface area contributed by atoms with Crippen molar-refractivity contribution >= 4 is 27.7 Å². The van der Waals surface area contributed by atoms with E-state index in [1.54, 1.807) is 6.20 Å². The largest absolute Gasteiger partial charge is 0.391 e. The van der Waals surface area contributed by atoms with Crippen LogP contribution in [-0.4, -0.2) is 40.8 Å². The monoisotopic (exact) mass is 300 g/mol. The molecule has 1 saturated heterocycles. The average Bonchev–Trinajstić information content (AvgIpc) is 2.75. The maximum Gasteiger partial charge on any atom is 0.224 e. The third-order valence-electron chi connectivity index (χ3n) is 2.72. The van der Waals surface area contributed by atoms with Crippen molar-refractivity contribution in [3.8, 4) is 0 Å². The molecular formula is C11H17BrN4O. The van der Waals surface area contributed by atoms with Crippen LogP contribution in [0.3, 0.4) is 0 Å². The van der Waals surface area contributed by atoms with Gasteiger partial charge in [0.1, 0.15) is 5.82 Å². The molecule has 1 aliphatic heterocycles. The first kappa shape index (κ1) is 12.6. The molecule has 2 rings (SSSR count). The third-order valence-corrected chi connectivity index (χ3v) is 3.28. The summed E-state index contributed by atoms with van der Waals surface area (Å²) in [5.41, 5.74) is 0. The zero-order valence-electron chi connectivity index (χ0n) is 9.86. The molecule has 1 aromatic rings. The average molecular weight is 301 g/mol. The number of anilines is 2. The zero-order valence-corrected chi connectivity index (χ0v) is 11.4. The van der Waals surface area contributed by atoms with Crippen molar-refractivity contribution in [2.24, 2.45) is 0 Å². The van der Waals surface area contributed by atoms with Crippen LogP contribution in [0.1, 0.15) is 19.8 Å². The van der Waals surface area contributed by atoms with E-state index < -0.39 is 0 Å². The van der Waals surface area contributed by atoms with Crippen molar-refractivity contribution in [3.05, 3.63) is 10.7 Å². The lowest BCUT2D eigenvalue weighted by Crippen LogP contribution is -2.23. The molecule has 0 aromatic carbocycles. The van der Waals surface area contributed by atoms with Crippen LogP contribution in [0.25, 0.3) is 0 Å². The molecule has 2 N–H and O–H groups in total. The molecule has 0 bridgehead atoms. The van der Waals surface area contributed by atoms with Crippen LogP contribution in [0, 0.1) is 0 Å². The second-order valence-corrected chi connectivity index (χ2v) is 5.03. The van der Waals surface area contributed by atoms with Gasteiger partial charge in [-0.1, -0.05) is 6.92 Å². The Morgan fingerprint density at radius 2 is 2.47 bits per heavy atom. The Labute approximate surface area is 109 Å². The molecule has 0 radical (unpaired) electrons. The van der Waals surface area contributed by atoms with E-state index in [2.05, 4.69) is 43.0 Å². The van der Waals surface area contributed by atoms with E-state index in [-0.39, 0.29) is 6.10 Å². The molecular weight excluding hydrogens is 284 g/mol. The van der Waals surface area contributed by atoms with E-state index in [9.17, 15) is 5.11 Å². The number of nitrogens with one attached hydrogen (secondary N) is 1. The Bertz CT molecular complexity index is 388. The molecule has 1 fully saturated rings. The topological polar surface area (TPSA) is 61.3 Å². The smallest absolute Gasteiger partial charge is 0.224 e. The molecule has 17 heavy (non-hydrogen) atoms. The lowest BCUT2D eigenvalue weighted by atomic mass is 10.3. The molecule has 0 aliphatic carbocycles. The van der Waals surface area contributed by atoms with Crippen LogP contribution in [-0.2, 0) is 0 Å². The van der Waals surface area contributed by atoms with Crippen LogP contribution in [0.5, 0.6) is 0 Å². The van der Waals surface area contributed by atoms with Crippen LogP contribution in [0.4, 0.5) is 11.8 Å². The molecule has 0 saturated carbocycles. The van der Waals surface area contributed by atoms with Gasteiger partial charge in [-0.25, -0.2) is 4.98 Å². The second kappa shape index (κ2) is 5.64. The molecule has 1 aromatic heterocycles. The number of aromatic nitrogens is 2. The van der Waals surface area contributed by atoms with Gasteiger partial charge in [-0.2, -0.15) is 4.98 Å². The SMILES string of the molecule is CCCNc1ncc(Br)c(N2CCC(O)C2)n1. The van der Waals surface area contributed by atoms with Gasteiger partial charge in [0.05, 0.1) is 10.6 Å². The number of aliphatic hydroxyl groups excluding tert-OH is 1. The molecule has 1 unspecified atom stereocenters. The highest BCUT2D eigenvalue weighted by atomic mass is 79.9. The predicted molar refractivity (Wildman–Crippen MR) is 71.3 cm³/mol. The maximum absolute atomic E-state index is 9.55. The first-order valence-electron chi connectivity index (χ1n) is 5.90. The van der Waals surface area contributed by atoms with Crippen LogP contribution in [0.15, 0.2) is 10.7 Å². The van der Waals surface area contributed by atoms with Gasteiger partial charge in [0, 0.05) is 25.8 Å². The van der Waals surface area contributed by atoms with Gasteiger partial charge in [0.25, 0.3) is 0 Å². The van der Waals surface area contributed by atoms with Crippen molar-refractivity contribution in [1.29, 1.82) is 0 Å². The highest BCUT2D eigenvalue weighted by Gasteiger charge is 2.23. The Morgan fingerprint density at radius 1 is 1.65 bits per heavy atom. The molecule has 94 valence electrons. The minimum absolute atomic E-state index is 0.246. The number of hydrogen-bond acceptors (Lipinski definition) is 5. The van der Waals surface area contributed by atoms with Gasteiger partial charge in [0.2, 0.25) is 5.95 Å². The van der Waals surface area contributed by atoms with Crippen molar-refractivity contribution in [1.82, 2.24) is 9.97 Å². The molecule has 6 heteroatoms. The number of halogens is 1. The van der Waals surface area contributed by atoms with Crippen molar-refractivity contribution in [3.63, 3.8) is 0 Å². The Morgan fingerprint density at radius 3 is 3.12 bits per heavy atom. The minimum Gasteiger partial charge on any atom is -0.391 e. The Balaban J connectivity index is 2.14. The van der Waals surface area contributed by atoms with Crippen LogP contribution in [0.2, 0.25) is 0 Å². The number of nitrogens with zero attached hydrogens (tertiary/aromatic N) is 3. The van der Waals surface area contributed by atoms with E-state index in [0.29, 0.717) is 12.5 Å². The lowest BCUT2D eigenvalue weighted by molar-refractivity contribution is 0.198. The summed E-state index contributed by atoms with van der Waals surface area (Å²) in [6.07, 6.45) is 3.35. The van der Waals surface area contributed by atoms with Gasteiger partial charge in [-0.05, 0) is 28.8 Å². The van der Waals surface area contributed by atoms with Crippen molar-refractivity contribution in [2.45, 2.75) is 25.9 Å². The first-order chi connectivity index (χ1) is 8.20. The van der Waals surface area contributed by atoms with E-state index in [1.807, 2.05) is 0 Å². The summed E-state index contributed by atoms with van der Waals surface area (Å²) in [4.78, 5) is 10.8. The van der Waals surface area contributed by atoms with E-state index in [0.717, 1.165) is 36.2 Å². The van der Waals surface area contributed by atoms with E-state index >= 15 is 0 Å². The highest BCUT2D eigenvalue weighted by molar-refractivity contribution is 9.10. The Hall–Kier alpha value is -0.880. The minimum atomic E-state index is -0.246. The van der Waals surface area contributed by atoms with Gasteiger partial charge < -0.3 is 15.3 Å². The van der Waals surface area contributed by atoms with Crippen molar-refractivity contribution < 1.29 is 5.11 Å². The summed E-state index contributed by atoms with van der Waals surface area (Å²) >= 11 is 3.45. The number of hydrogen-bond donors (Lipinski definition) is 2. The van der Waals surface area contributed by atoms with Gasteiger partial charge in [-0.3, -0.25) is 0 Å². The first-order valence-corrected chi connectivity index (χ1v) is 6.69. The summed E-state index contributed by atoms with van der Waals surface area (Å²) in [6, 6.07) is 0. The fourth-order valence-corrected chi connectivity index (χ4v) is 2.28. The van der Waals surface area contributed by atoms with Crippen LogP contribution >= 0.6 is 15.9 Å². The summed E-state index contributed by atoms with van der Waals surface area (Å²) < 4.78 is 0.869. The summed E-state index contributed by atoms with van der Waals surface area (Å²) in [7, 11) is 0. The quantitative estimate of drug-likeness (QED) is 0.885. The number of aliphatic hydroxyl groups is 1. The fourth-order valence-electron chi connectivity index (χ4n) is 1.84. The predicted octanol–water partition coefficient (Wildman–Crippen LogP) is 1.63. The molecule has 2 heterocycles. The third kappa shape index (κ3) is 3.07. The lowest BCUT2D eigenvalue weighted by Gasteiger charge is -2.18. The molecule has 1 atom stereocenters. The zero-order chi connectivity index (χ0) is 12.3. The number of rotatable bonds is 4. The molecule has 5 nitrogen and oxygen atoms in total. The van der Waals surface area contributed by atoms with Gasteiger partial charge >= 0.3 is 0 Å². The summed E-state index contributed by atoms with van der Waals surface area (Å²) in [5, 5.41) is 12.7. The van der Waals surface area contributed by atoms with Crippen LogP contribution < -0.4 is 10.2 Å². The maximum atomic E-state index is 9.55. The highest BCUT2D eigenvalue weighted by Crippen LogP contribution is 2.27. The summed E-state index contributed by atoms with van der Waals surface area (Å²) in [5.74, 6) is 1.50. The summed E-state index contributed by atoms with van der Waals surface area (Å²) in [6.45, 7) is 4.44. The molecule has 0 spiro atoms. The fraction of sp³-hybridized carbons (Fsp3) is 0.636. The standard InChI is InChI=1S/C11H17BrN4O/c1-2-4-13-11-14-6-9(12)10(15-11)16-5-3-8(17)7-16/h6,8,17H,2-5,7H2,1H3,(H,13,14,15). The van der Waals surface area contributed by atoms with Crippen molar-refractivity contribution in [2.75, 3.05) is 29.9 Å².